The topological polar surface area (TPSA) is 26.3 Å². The zero-order chi connectivity index (χ0) is 13.0. The molecule has 0 heterocycles. The van der Waals surface area contributed by atoms with Crippen LogP contribution in [0.25, 0.3) is 5.57 Å². The number of benzene rings is 2. The van der Waals surface area contributed by atoms with Gasteiger partial charge in [-0.25, -0.2) is 4.79 Å². The third kappa shape index (κ3) is 3.08. The van der Waals surface area contributed by atoms with Crippen molar-refractivity contribution in [2.75, 3.05) is 0 Å². The monoisotopic (exact) mass is 302 g/mol. The Balaban J connectivity index is 2.10. The molecular formula is C15H11BrO2. The van der Waals surface area contributed by atoms with Crippen LogP contribution in [0.4, 0.5) is 0 Å². The van der Waals surface area contributed by atoms with Gasteiger partial charge in [-0.05, 0) is 29.8 Å². The third-order valence-electron chi connectivity index (χ3n) is 2.39. The van der Waals surface area contributed by atoms with Gasteiger partial charge in [0.2, 0.25) is 0 Å². The summed E-state index contributed by atoms with van der Waals surface area (Å²) in [6.07, 6.45) is 0. The summed E-state index contributed by atoms with van der Waals surface area (Å²) >= 11 is 3.34. The van der Waals surface area contributed by atoms with E-state index in [-0.39, 0.29) is 0 Å². The van der Waals surface area contributed by atoms with E-state index in [1.807, 2.05) is 42.5 Å². The van der Waals surface area contributed by atoms with Crippen LogP contribution in [0.3, 0.4) is 0 Å². The second kappa shape index (κ2) is 5.65. The smallest absolute Gasteiger partial charge is 0.343 e. The van der Waals surface area contributed by atoms with E-state index < -0.39 is 5.97 Å². The van der Waals surface area contributed by atoms with Gasteiger partial charge in [0, 0.05) is 4.47 Å². The first-order valence-corrected chi connectivity index (χ1v) is 6.18. The average molecular weight is 303 g/mol. The highest BCUT2D eigenvalue weighted by molar-refractivity contribution is 9.10. The second-order valence-electron chi connectivity index (χ2n) is 3.69. The van der Waals surface area contributed by atoms with Crippen molar-refractivity contribution < 1.29 is 9.53 Å². The molecule has 0 radical (unpaired) electrons. The molecule has 0 atom stereocenters. The first-order valence-electron chi connectivity index (χ1n) is 5.39. The molecule has 2 rings (SSSR count). The summed E-state index contributed by atoms with van der Waals surface area (Å²) in [5, 5.41) is 0. The first-order chi connectivity index (χ1) is 8.66. The number of hydrogen-bond donors (Lipinski definition) is 0. The van der Waals surface area contributed by atoms with Crippen LogP contribution < -0.4 is 4.74 Å². The van der Waals surface area contributed by atoms with E-state index in [9.17, 15) is 4.79 Å². The molecule has 0 unspecified atom stereocenters. The van der Waals surface area contributed by atoms with E-state index in [0.29, 0.717) is 11.3 Å². The molecule has 2 aromatic rings. The Morgan fingerprint density at radius 1 is 1.00 bits per heavy atom. The highest BCUT2D eigenvalue weighted by atomic mass is 79.9. The van der Waals surface area contributed by atoms with E-state index in [1.54, 1.807) is 12.1 Å². The van der Waals surface area contributed by atoms with Crippen LogP contribution in [0.2, 0.25) is 0 Å². The number of halogens is 1. The minimum atomic E-state index is -0.441. The van der Waals surface area contributed by atoms with E-state index in [0.717, 1.165) is 10.0 Å². The molecule has 0 amide bonds. The Hall–Kier alpha value is -1.87. The van der Waals surface area contributed by atoms with Crippen LogP contribution in [0.5, 0.6) is 5.75 Å². The van der Waals surface area contributed by atoms with Crippen molar-refractivity contribution in [1.29, 1.82) is 0 Å². The van der Waals surface area contributed by atoms with Gasteiger partial charge in [0.05, 0.1) is 5.57 Å². The minimum absolute atomic E-state index is 0.339. The number of carbonyl (C=O) groups excluding carboxylic acids is 1. The Labute approximate surface area is 114 Å². The lowest BCUT2D eigenvalue weighted by Gasteiger charge is -2.06. The van der Waals surface area contributed by atoms with Gasteiger partial charge in [-0.15, -0.1) is 0 Å². The SMILES string of the molecule is C=C(C(=O)Oc1ccccc1)c1ccc(Br)cc1. The van der Waals surface area contributed by atoms with Crippen LogP contribution in [-0.2, 0) is 4.79 Å². The van der Waals surface area contributed by atoms with Crippen molar-refractivity contribution in [1.82, 2.24) is 0 Å². The number of carbonyl (C=O) groups is 1. The molecule has 2 nitrogen and oxygen atoms in total. The summed E-state index contributed by atoms with van der Waals surface area (Å²) < 4.78 is 6.16. The maximum atomic E-state index is 11.9. The number of esters is 1. The molecule has 90 valence electrons. The molecule has 3 heteroatoms. The Morgan fingerprint density at radius 3 is 2.22 bits per heavy atom. The molecule has 0 aliphatic heterocycles. The lowest BCUT2D eigenvalue weighted by molar-refractivity contribution is -0.127. The van der Waals surface area contributed by atoms with Gasteiger partial charge in [0.1, 0.15) is 5.75 Å². The Kier molecular flexibility index (Phi) is 3.95. The van der Waals surface area contributed by atoms with Crippen molar-refractivity contribution in [3.63, 3.8) is 0 Å². The Bertz CT molecular complexity index is 559. The number of ether oxygens (including phenoxy) is 1. The maximum Gasteiger partial charge on any atom is 0.343 e. The van der Waals surface area contributed by atoms with Crippen LogP contribution in [0, 0.1) is 0 Å². The summed E-state index contributed by atoms with van der Waals surface area (Å²) in [5.74, 6) is 0.0734. The summed E-state index contributed by atoms with van der Waals surface area (Å²) in [7, 11) is 0. The number of hydrogen-bond acceptors (Lipinski definition) is 2. The molecule has 2 aromatic carbocycles. The maximum absolute atomic E-state index is 11.9. The van der Waals surface area contributed by atoms with Crippen molar-refractivity contribution in [2.24, 2.45) is 0 Å². The fourth-order valence-electron chi connectivity index (χ4n) is 1.43. The third-order valence-corrected chi connectivity index (χ3v) is 2.92. The molecule has 0 saturated carbocycles. The minimum Gasteiger partial charge on any atom is -0.423 e. The van der Waals surface area contributed by atoms with Gasteiger partial charge in [-0.3, -0.25) is 0 Å². The van der Waals surface area contributed by atoms with Crippen molar-refractivity contribution in [3.8, 4) is 5.75 Å². The highest BCUT2D eigenvalue weighted by Gasteiger charge is 2.11. The van der Waals surface area contributed by atoms with E-state index >= 15 is 0 Å². The van der Waals surface area contributed by atoms with Gasteiger partial charge < -0.3 is 4.74 Å². The van der Waals surface area contributed by atoms with E-state index in [4.69, 9.17) is 4.74 Å². The number of rotatable bonds is 3. The average Bonchev–Trinajstić information content (AvgIpc) is 2.40. The van der Waals surface area contributed by atoms with Crippen LogP contribution in [0.15, 0.2) is 65.6 Å². The zero-order valence-electron chi connectivity index (χ0n) is 9.60. The van der Waals surface area contributed by atoms with Crippen LogP contribution in [0.1, 0.15) is 5.56 Å². The first kappa shape index (κ1) is 12.6. The normalized spacial score (nSPS) is 9.83. The molecule has 18 heavy (non-hydrogen) atoms. The van der Waals surface area contributed by atoms with Gasteiger partial charge in [0.25, 0.3) is 0 Å². The Morgan fingerprint density at radius 2 is 1.61 bits per heavy atom. The van der Waals surface area contributed by atoms with Crippen molar-refractivity contribution in [3.05, 3.63) is 71.2 Å². The lowest BCUT2D eigenvalue weighted by atomic mass is 10.1. The highest BCUT2D eigenvalue weighted by Crippen LogP contribution is 2.19. The van der Waals surface area contributed by atoms with E-state index in [2.05, 4.69) is 22.5 Å². The summed E-state index contributed by atoms with van der Waals surface area (Å²) in [6.45, 7) is 3.76. The summed E-state index contributed by atoms with van der Waals surface area (Å²) in [6, 6.07) is 16.3. The predicted octanol–water partition coefficient (Wildman–Crippen LogP) is 4.07. The lowest BCUT2D eigenvalue weighted by Crippen LogP contribution is -2.09. The molecule has 0 fully saturated rings. The molecule has 0 spiro atoms. The van der Waals surface area contributed by atoms with Gasteiger partial charge in [-0.2, -0.15) is 0 Å². The molecule has 0 aliphatic carbocycles. The quantitative estimate of drug-likeness (QED) is 0.485. The van der Waals surface area contributed by atoms with E-state index in [1.165, 1.54) is 0 Å². The van der Waals surface area contributed by atoms with Gasteiger partial charge in [-0.1, -0.05) is 52.8 Å². The van der Waals surface area contributed by atoms with Crippen molar-refractivity contribution >= 4 is 27.5 Å². The summed E-state index contributed by atoms with van der Waals surface area (Å²) in [4.78, 5) is 11.9. The molecule has 0 aliphatic rings. The standard InChI is InChI=1S/C15H11BrO2/c1-11(12-7-9-13(16)10-8-12)15(17)18-14-5-3-2-4-6-14/h2-10H,1H2. The molecule has 0 N–H and O–H groups in total. The van der Waals surface area contributed by atoms with Crippen LogP contribution >= 0.6 is 15.9 Å². The summed E-state index contributed by atoms with van der Waals surface area (Å²) in [5.41, 5.74) is 1.09. The fraction of sp³-hybridized carbons (Fsp3) is 0. The molecule has 0 bridgehead atoms. The molecule has 0 saturated heterocycles. The van der Waals surface area contributed by atoms with Gasteiger partial charge >= 0.3 is 5.97 Å². The fourth-order valence-corrected chi connectivity index (χ4v) is 1.69. The van der Waals surface area contributed by atoms with Crippen LogP contribution in [-0.4, -0.2) is 5.97 Å². The second-order valence-corrected chi connectivity index (χ2v) is 4.60. The number of para-hydroxylation sites is 1. The molecular weight excluding hydrogens is 292 g/mol. The molecule has 0 aromatic heterocycles. The predicted molar refractivity (Wildman–Crippen MR) is 75.3 cm³/mol. The zero-order valence-corrected chi connectivity index (χ0v) is 11.2. The van der Waals surface area contributed by atoms with Crippen molar-refractivity contribution in [2.45, 2.75) is 0 Å². The largest absolute Gasteiger partial charge is 0.423 e. The van der Waals surface area contributed by atoms with Gasteiger partial charge in [0.15, 0.2) is 0 Å².